The lowest BCUT2D eigenvalue weighted by atomic mass is 10.2. The van der Waals surface area contributed by atoms with Crippen molar-refractivity contribution < 1.29 is 19.8 Å². The Labute approximate surface area is 125 Å². The summed E-state index contributed by atoms with van der Waals surface area (Å²) in [5.41, 5.74) is 0.783. The van der Waals surface area contributed by atoms with Gasteiger partial charge in [0.2, 0.25) is 0 Å². The Hall–Kier alpha value is -3.16. The fourth-order valence-electron chi connectivity index (χ4n) is 1.79. The zero-order valence-corrected chi connectivity index (χ0v) is 11.9. The highest BCUT2D eigenvalue weighted by atomic mass is 16.4. The Morgan fingerprint density at radius 2 is 1.86 bits per heavy atom. The van der Waals surface area contributed by atoms with Crippen LogP contribution in [-0.2, 0) is 9.59 Å². The SMILES string of the molecule is CN(C)c1ccc2ncnc(NC=C(C(=O)O)C(=O)O)c2c1. The molecule has 0 atom stereocenters. The lowest BCUT2D eigenvalue weighted by Gasteiger charge is -2.13. The molecular formula is C14H14N4O4. The van der Waals surface area contributed by atoms with Crippen molar-refractivity contribution in [2.75, 3.05) is 24.3 Å². The van der Waals surface area contributed by atoms with Crippen LogP contribution in [0.25, 0.3) is 10.9 Å². The monoisotopic (exact) mass is 302 g/mol. The van der Waals surface area contributed by atoms with Crippen LogP contribution in [0.4, 0.5) is 11.5 Å². The number of rotatable bonds is 5. The first kappa shape index (κ1) is 15.2. The minimum Gasteiger partial charge on any atom is -0.477 e. The molecule has 2 aromatic rings. The fraction of sp³-hybridized carbons (Fsp3) is 0.143. The third kappa shape index (κ3) is 3.11. The van der Waals surface area contributed by atoms with Crippen LogP contribution in [0.5, 0.6) is 0 Å². The molecule has 2 rings (SSSR count). The smallest absolute Gasteiger partial charge is 0.344 e. The molecule has 0 saturated heterocycles. The summed E-state index contributed by atoms with van der Waals surface area (Å²) < 4.78 is 0. The number of aliphatic carboxylic acids is 2. The number of carbonyl (C=O) groups is 2. The van der Waals surface area contributed by atoms with Crippen LogP contribution < -0.4 is 10.2 Å². The maximum atomic E-state index is 10.8. The van der Waals surface area contributed by atoms with E-state index >= 15 is 0 Å². The molecule has 1 heterocycles. The molecule has 8 heteroatoms. The summed E-state index contributed by atoms with van der Waals surface area (Å²) in [6.45, 7) is 0. The molecule has 0 radical (unpaired) electrons. The molecule has 0 aliphatic heterocycles. The van der Waals surface area contributed by atoms with Crippen molar-refractivity contribution in [1.29, 1.82) is 0 Å². The summed E-state index contributed by atoms with van der Waals surface area (Å²) >= 11 is 0. The van der Waals surface area contributed by atoms with Crippen molar-refractivity contribution in [3.8, 4) is 0 Å². The Balaban J connectivity index is 2.47. The standard InChI is InChI=1S/C14H14N4O4/c1-18(2)8-3-4-11-9(5-8)12(17-7-16-11)15-6-10(13(19)20)14(21)22/h3-7H,1-2H3,(H,19,20)(H,21,22)(H,15,16,17). The fourth-order valence-corrected chi connectivity index (χ4v) is 1.79. The number of carboxylic acids is 2. The van der Waals surface area contributed by atoms with E-state index < -0.39 is 17.5 Å². The molecule has 0 aliphatic rings. The highest BCUT2D eigenvalue weighted by Crippen LogP contribution is 2.24. The molecule has 0 bridgehead atoms. The lowest BCUT2D eigenvalue weighted by Crippen LogP contribution is -2.13. The summed E-state index contributed by atoms with van der Waals surface area (Å²) in [5, 5.41) is 20.9. The number of nitrogens with one attached hydrogen (secondary N) is 1. The van der Waals surface area contributed by atoms with Crippen molar-refractivity contribution in [3.63, 3.8) is 0 Å². The molecule has 0 aliphatic carbocycles. The van der Waals surface area contributed by atoms with Crippen LogP contribution in [0.1, 0.15) is 0 Å². The second kappa shape index (κ2) is 6.08. The van der Waals surface area contributed by atoms with Crippen LogP contribution in [-0.4, -0.2) is 46.2 Å². The molecule has 0 unspecified atom stereocenters. The second-order valence-corrected chi connectivity index (χ2v) is 4.63. The molecule has 1 aromatic carbocycles. The summed E-state index contributed by atoms with van der Waals surface area (Å²) in [5.74, 6) is -2.74. The van der Waals surface area contributed by atoms with Crippen molar-refractivity contribution in [1.82, 2.24) is 9.97 Å². The number of hydrogen-bond donors (Lipinski definition) is 3. The molecule has 1 aromatic heterocycles. The third-order valence-electron chi connectivity index (χ3n) is 2.95. The van der Waals surface area contributed by atoms with Crippen molar-refractivity contribution in [2.45, 2.75) is 0 Å². The average molecular weight is 302 g/mol. The molecule has 0 fully saturated rings. The van der Waals surface area contributed by atoms with Gasteiger partial charge in [0.25, 0.3) is 0 Å². The number of fused-ring (bicyclic) bond motifs is 1. The number of benzene rings is 1. The van der Waals surface area contributed by atoms with Gasteiger partial charge in [-0.3, -0.25) is 0 Å². The predicted octanol–water partition coefficient (Wildman–Crippen LogP) is 1.16. The van der Waals surface area contributed by atoms with Crippen molar-refractivity contribution >= 4 is 34.3 Å². The zero-order valence-electron chi connectivity index (χ0n) is 11.9. The van der Waals surface area contributed by atoms with E-state index in [2.05, 4.69) is 15.3 Å². The summed E-state index contributed by atoms with van der Waals surface area (Å²) in [7, 11) is 3.76. The first-order chi connectivity index (χ1) is 10.4. The zero-order chi connectivity index (χ0) is 16.3. The van der Waals surface area contributed by atoms with Crippen LogP contribution in [0.15, 0.2) is 36.3 Å². The number of carboxylic acid groups (broad SMARTS) is 2. The number of aromatic nitrogens is 2. The maximum Gasteiger partial charge on any atom is 0.344 e. The summed E-state index contributed by atoms with van der Waals surface area (Å²) in [4.78, 5) is 31.7. The van der Waals surface area contributed by atoms with Gasteiger partial charge in [-0.25, -0.2) is 19.6 Å². The van der Waals surface area contributed by atoms with Gasteiger partial charge in [-0.1, -0.05) is 0 Å². The van der Waals surface area contributed by atoms with Gasteiger partial charge in [-0.2, -0.15) is 0 Å². The molecule has 114 valence electrons. The summed E-state index contributed by atoms with van der Waals surface area (Å²) in [6, 6.07) is 5.51. The molecular weight excluding hydrogens is 288 g/mol. The first-order valence-electron chi connectivity index (χ1n) is 6.25. The van der Waals surface area contributed by atoms with Gasteiger partial charge in [0.1, 0.15) is 12.1 Å². The molecule has 0 amide bonds. The van der Waals surface area contributed by atoms with E-state index in [1.807, 2.05) is 31.1 Å². The van der Waals surface area contributed by atoms with Gasteiger partial charge in [-0.15, -0.1) is 0 Å². The lowest BCUT2D eigenvalue weighted by molar-refractivity contribution is -0.140. The van der Waals surface area contributed by atoms with Gasteiger partial charge in [0, 0.05) is 31.4 Å². The Morgan fingerprint density at radius 1 is 1.18 bits per heavy atom. The van der Waals surface area contributed by atoms with Crippen LogP contribution >= 0.6 is 0 Å². The van der Waals surface area contributed by atoms with Crippen LogP contribution in [0.2, 0.25) is 0 Å². The maximum absolute atomic E-state index is 10.8. The third-order valence-corrected chi connectivity index (χ3v) is 2.95. The first-order valence-corrected chi connectivity index (χ1v) is 6.25. The van der Waals surface area contributed by atoms with Gasteiger partial charge < -0.3 is 20.4 Å². The van der Waals surface area contributed by atoms with Gasteiger partial charge >= 0.3 is 11.9 Å². The van der Waals surface area contributed by atoms with Gasteiger partial charge in [0.15, 0.2) is 5.57 Å². The van der Waals surface area contributed by atoms with Crippen molar-refractivity contribution in [3.05, 3.63) is 36.3 Å². The number of hydrogen-bond acceptors (Lipinski definition) is 6. The van der Waals surface area contributed by atoms with E-state index in [1.54, 1.807) is 6.07 Å². The molecule has 8 nitrogen and oxygen atoms in total. The predicted molar refractivity (Wildman–Crippen MR) is 80.8 cm³/mol. The van der Waals surface area contributed by atoms with E-state index in [0.29, 0.717) is 16.7 Å². The highest BCUT2D eigenvalue weighted by molar-refractivity contribution is 6.12. The van der Waals surface area contributed by atoms with E-state index in [1.165, 1.54) is 6.33 Å². The van der Waals surface area contributed by atoms with Crippen LogP contribution in [0, 0.1) is 0 Å². The Bertz CT molecular complexity index is 755. The average Bonchev–Trinajstić information content (AvgIpc) is 2.46. The molecule has 0 saturated carbocycles. The van der Waals surface area contributed by atoms with E-state index in [4.69, 9.17) is 10.2 Å². The topological polar surface area (TPSA) is 116 Å². The summed E-state index contributed by atoms with van der Waals surface area (Å²) in [6.07, 6.45) is 2.21. The Kier molecular flexibility index (Phi) is 4.21. The minimum absolute atomic E-state index is 0.328. The number of nitrogens with zero attached hydrogens (tertiary/aromatic N) is 3. The molecule has 3 N–H and O–H groups in total. The largest absolute Gasteiger partial charge is 0.477 e. The van der Waals surface area contributed by atoms with E-state index in [9.17, 15) is 9.59 Å². The molecule has 22 heavy (non-hydrogen) atoms. The van der Waals surface area contributed by atoms with E-state index in [-0.39, 0.29) is 0 Å². The minimum atomic E-state index is -1.53. The normalized spacial score (nSPS) is 10.1. The van der Waals surface area contributed by atoms with Crippen LogP contribution in [0.3, 0.4) is 0 Å². The number of anilines is 2. The highest BCUT2D eigenvalue weighted by Gasteiger charge is 2.16. The van der Waals surface area contributed by atoms with E-state index in [0.717, 1.165) is 11.9 Å². The molecule has 0 spiro atoms. The van der Waals surface area contributed by atoms with Gasteiger partial charge in [0.05, 0.1) is 5.52 Å². The van der Waals surface area contributed by atoms with Gasteiger partial charge in [-0.05, 0) is 18.2 Å². The second-order valence-electron chi connectivity index (χ2n) is 4.63. The Morgan fingerprint density at radius 3 is 2.45 bits per heavy atom. The quantitative estimate of drug-likeness (QED) is 0.428. The van der Waals surface area contributed by atoms with Crippen molar-refractivity contribution in [2.24, 2.45) is 0 Å².